The summed E-state index contributed by atoms with van der Waals surface area (Å²) in [4.78, 5) is 23.4. The predicted octanol–water partition coefficient (Wildman–Crippen LogP) is 1.14. The van der Waals surface area contributed by atoms with Crippen LogP contribution in [0.4, 0.5) is 0 Å². The van der Waals surface area contributed by atoms with Gasteiger partial charge in [0, 0.05) is 6.04 Å². The number of carbonyl (C=O) groups is 2. The summed E-state index contributed by atoms with van der Waals surface area (Å²) in [5, 5.41) is 2.93. The molecule has 0 bridgehead atoms. The summed E-state index contributed by atoms with van der Waals surface area (Å²) in [6, 6.07) is -0.680. The van der Waals surface area contributed by atoms with Crippen LogP contribution in [0.5, 0.6) is 0 Å². The molecule has 0 amide bonds. The SMILES string of the molecule is CCCCC(N)CO[PH](=O)OC(C)C(=O)OC(=O)[C@@H]1CCCN1. The van der Waals surface area contributed by atoms with Crippen molar-refractivity contribution in [2.75, 3.05) is 13.2 Å². The molecule has 3 unspecified atom stereocenters. The van der Waals surface area contributed by atoms with Gasteiger partial charge in [-0.2, -0.15) is 0 Å². The maximum atomic E-state index is 11.7. The van der Waals surface area contributed by atoms with Crippen LogP contribution in [-0.4, -0.2) is 43.3 Å². The van der Waals surface area contributed by atoms with E-state index in [-0.39, 0.29) is 12.6 Å². The third kappa shape index (κ3) is 8.04. The summed E-state index contributed by atoms with van der Waals surface area (Å²) < 4.78 is 26.3. The van der Waals surface area contributed by atoms with E-state index in [1.807, 2.05) is 0 Å². The molecule has 0 saturated carbocycles. The monoisotopic (exact) mass is 350 g/mol. The van der Waals surface area contributed by atoms with Crippen LogP contribution in [0.25, 0.3) is 0 Å². The number of nitrogens with two attached hydrogens (primary N) is 1. The van der Waals surface area contributed by atoms with Crippen LogP contribution in [0.1, 0.15) is 46.0 Å². The molecule has 1 saturated heterocycles. The Hall–Kier alpha value is -0.790. The molecule has 9 heteroatoms. The topological polar surface area (TPSA) is 117 Å². The molecule has 0 aromatic rings. The van der Waals surface area contributed by atoms with Crippen LogP contribution < -0.4 is 11.1 Å². The molecule has 1 aliphatic heterocycles. The molecule has 1 heterocycles. The summed E-state index contributed by atoms with van der Waals surface area (Å²) in [5.41, 5.74) is 5.79. The van der Waals surface area contributed by atoms with Gasteiger partial charge >= 0.3 is 20.2 Å². The first-order chi connectivity index (χ1) is 10.9. The normalized spacial score (nSPS) is 21.6. The van der Waals surface area contributed by atoms with Crippen molar-refractivity contribution in [1.82, 2.24) is 5.32 Å². The van der Waals surface area contributed by atoms with Crippen molar-refractivity contribution in [2.45, 2.75) is 64.1 Å². The van der Waals surface area contributed by atoms with Crippen molar-refractivity contribution in [2.24, 2.45) is 5.73 Å². The number of hydrogen-bond acceptors (Lipinski definition) is 8. The second-order valence-electron chi connectivity index (χ2n) is 5.61. The molecule has 8 nitrogen and oxygen atoms in total. The minimum atomic E-state index is -2.86. The van der Waals surface area contributed by atoms with Gasteiger partial charge in [-0.3, -0.25) is 9.09 Å². The van der Waals surface area contributed by atoms with Crippen LogP contribution in [0.15, 0.2) is 0 Å². The van der Waals surface area contributed by atoms with E-state index in [0.717, 1.165) is 32.2 Å². The molecule has 23 heavy (non-hydrogen) atoms. The highest BCUT2D eigenvalue weighted by molar-refractivity contribution is 7.33. The van der Waals surface area contributed by atoms with Crippen molar-refractivity contribution in [3.63, 3.8) is 0 Å². The molecule has 0 aromatic carbocycles. The van der Waals surface area contributed by atoms with Gasteiger partial charge in [0.15, 0.2) is 6.10 Å². The molecule has 0 radical (unpaired) electrons. The van der Waals surface area contributed by atoms with Gasteiger partial charge in [-0.15, -0.1) is 0 Å². The molecule has 4 atom stereocenters. The number of unbranched alkanes of at least 4 members (excludes halogenated alkanes) is 1. The number of ether oxygens (including phenoxy) is 1. The standard InChI is InChI=1S/C14H27N2O6P/c1-3-4-6-11(15)9-20-23(19)22-10(2)13(17)21-14(18)12-7-5-8-16-12/h10-12,16,23H,3-9,15H2,1-2H3/t10?,11?,12-/m0/s1. The molecule has 0 aromatic heterocycles. The van der Waals surface area contributed by atoms with Crippen LogP contribution in [-0.2, 0) is 27.9 Å². The fourth-order valence-electron chi connectivity index (χ4n) is 2.09. The first-order valence-electron chi connectivity index (χ1n) is 8.02. The maximum Gasteiger partial charge on any atom is 0.343 e. The fraction of sp³-hybridized carbons (Fsp3) is 0.857. The largest absolute Gasteiger partial charge is 0.390 e. The molecular formula is C14H27N2O6P. The Labute approximate surface area is 137 Å². The number of hydrogen-bond donors (Lipinski definition) is 2. The number of esters is 2. The van der Waals surface area contributed by atoms with Gasteiger partial charge in [-0.25, -0.2) is 9.59 Å². The lowest BCUT2D eigenvalue weighted by atomic mass is 10.1. The van der Waals surface area contributed by atoms with E-state index in [9.17, 15) is 14.2 Å². The molecule has 3 N–H and O–H groups in total. The Morgan fingerprint density at radius 2 is 2.17 bits per heavy atom. The third-order valence-electron chi connectivity index (χ3n) is 3.49. The lowest BCUT2D eigenvalue weighted by molar-refractivity contribution is -0.165. The molecule has 134 valence electrons. The van der Waals surface area contributed by atoms with Gasteiger partial charge in [-0.1, -0.05) is 19.8 Å². The first kappa shape index (κ1) is 20.3. The van der Waals surface area contributed by atoms with E-state index in [4.69, 9.17) is 19.5 Å². The summed E-state index contributed by atoms with van der Waals surface area (Å²) in [6.07, 6.45) is 3.11. The Balaban J connectivity index is 2.25. The van der Waals surface area contributed by atoms with Gasteiger partial charge in [0.05, 0.1) is 6.61 Å². The van der Waals surface area contributed by atoms with Crippen LogP contribution in [0, 0.1) is 0 Å². The molecule has 0 aliphatic carbocycles. The number of nitrogens with one attached hydrogen (secondary N) is 1. The van der Waals surface area contributed by atoms with E-state index in [1.165, 1.54) is 6.92 Å². The van der Waals surface area contributed by atoms with Crippen molar-refractivity contribution < 1.29 is 27.9 Å². The average molecular weight is 350 g/mol. The summed E-state index contributed by atoms with van der Waals surface area (Å²) in [7, 11) is -2.86. The first-order valence-corrected chi connectivity index (χ1v) is 9.24. The Morgan fingerprint density at radius 3 is 2.78 bits per heavy atom. The van der Waals surface area contributed by atoms with E-state index in [0.29, 0.717) is 6.42 Å². The molecule has 1 aliphatic rings. The van der Waals surface area contributed by atoms with Gasteiger partial charge in [0.1, 0.15) is 6.04 Å². The second-order valence-corrected chi connectivity index (χ2v) is 6.64. The van der Waals surface area contributed by atoms with Crippen molar-refractivity contribution >= 4 is 20.2 Å². The highest BCUT2D eigenvalue weighted by Crippen LogP contribution is 2.26. The Bertz CT molecular complexity index is 414. The second kappa shape index (κ2) is 10.9. The minimum Gasteiger partial charge on any atom is -0.390 e. The summed E-state index contributed by atoms with van der Waals surface area (Å²) >= 11 is 0. The summed E-state index contributed by atoms with van der Waals surface area (Å²) in [6.45, 7) is 4.24. The van der Waals surface area contributed by atoms with Crippen LogP contribution in [0.3, 0.4) is 0 Å². The van der Waals surface area contributed by atoms with E-state index in [2.05, 4.69) is 12.2 Å². The lowest BCUT2D eigenvalue weighted by Gasteiger charge is -2.15. The molecule has 1 rings (SSSR count). The zero-order valence-electron chi connectivity index (χ0n) is 13.7. The van der Waals surface area contributed by atoms with Gasteiger partial charge in [0.2, 0.25) is 0 Å². The lowest BCUT2D eigenvalue weighted by Crippen LogP contribution is -2.36. The third-order valence-corrected chi connectivity index (χ3v) is 4.44. The van der Waals surface area contributed by atoms with Gasteiger partial charge < -0.3 is 20.3 Å². The van der Waals surface area contributed by atoms with Crippen molar-refractivity contribution in [1.29, 1.82) is 0 Å². The van der Waals surface area contributed by atoms with Crippen molar-refractivity contribution in [3.8, 4) is 0 Å². The Morgan fingerprint density at radius 1 is 1.43 bits per heavy atom. The quantitative estimate of drug-likeness (QED) is 0.342. The van der Waals surface area contributed by atoms with E-state index < -0.39 is 32.3 Å². The Kier molecular flexibility index (Phi) is 9.59. The van der Waals surface area contributed by atoms with Crippen LogP contribution >= 0.6 is 8.25 Å². The van der Waals surface area contributed by atoms with E-state index in [1.54, 1.807) is 0 Å². The maximum absolute atomic E-state index is 11.7. The zero-order valence-corrected chi connectivity index (χ0v) is 14.7. The number of rotatable bonds is 10. The average Bonchev–Trinajstić information content (AvgIpc) is 3.05. The summed E-state index contributed by atoms with van der Waals surface area (Å²) in [5.74, 6) is -1.51. The molecular weight excluding hydrogens is 323 g/mol. The minimum absolute atomic E-state index is 0.102. The fourth-order valence-corrected chi connectivity index (χ4v) is 2.89. The van der Waals surface area contributed by atoms with Gasteiger partial charge in [0.25, 0.3) is 0 Å². The highest BCUT2D eigenvalue weighted by Gasteiger charge is 2.28. The highest BCUT2D eigenvalue weighted by atomic mass is 31.1. The van der Waals surface area contributed by atoms with Crippen LogP contribution in [0.2, 0.25) is 0 Å². The van der Waals surface area contributed by atoms with E-state index >= 15 is 0 Å². The smallest absolute Gasteiger partial charge is 0.343 e. The predicted molar refractivity (Wildman–Crippen MR) is 85.1 cm³/mol. The number of carbonyl (C=O) groups excluding carboxylic acids is 2. The molecule has 1 fully saturated rings. The zero-order chi connectivity index (χ0) is 17.2. The van der Waals surface area contributed by atoms with Crippen molar-refractivity contribution in [3.05, 3.63) is 0 Å². The van der Waals surface area contributed by atoms with Gasteiger partial charge in [-0.05, 0) is 32.7 Å². The molecule has 0 spiro atoms.